The average molecular weight is 1320 g/mol. The number of nitro groups is 1. The number of nitrogens with zero attached hydrogens (tertiary/aromatic N) is 2. The number of primary amides is 1. The molecule has 30 heteroatoms. The van der Waals surface area contributed by atoms with Crippen LogP contribution in [0.2, 0.25) is 0 Å². The zero-order chi connectivity index (χ0) is 66.8. The molecule has 4 N–H and O–H groups in total. The maximum atomic E-state index is 13.4. The van der Waals surface area contributed by atoms with Crippen molar-refractivity contribution in [3.8, 4) is 5.75 Å². The molecule has 30 nitrogen and oxygen atoms in total. The molecule has 0 radical (unpaired) electrons. The normalized spacial score (nSPS) is 12.1. The Morgan fingerprint density at radius 3 is 1.22 bits per heavy atom. The van der Waals surface area contributed by atoms with E-state index in [0.717, 1.165) is 31.5 Å². The largest absolute Gasteiger partial charge is 0.514 e. The van der Waals surface area contributed by atoms with E-state index in [1.807, 2.05) is 0 Å². The third-order valence-electron chi connectivity index (χ3n) is 12.7. The minimum atomic E-state index is -1.21. The number of carbonyl (C=O) groups is 4. The molecule has 0 saturated heterocycles. The summed E-state index contributed by atoms with van der Waals surface area (Å²) in [6.45, 7) is 20.9. The van der Waals surface area contributed by atoms with E-state index in [2.05, 4.69) is 15.5 Å². The molecule has 0 unspecified atom stereocenters. The maximum absolute atomic E-state index is 13.4. The van der Waals surface area contributed by atoms with Gasteiger partial charge in [-0.2, -0.15) is 0 Å². The van der Waals surface area contributed by atoms with Crippen molar-refractivity contribution in [2.75, 3.05) is 237 Å². The SMILES string of the molecule is COCCOCCOCCOCCOCCOCCOCCOCCCN(CCCOCCOCCOCCOCCOCCOCCOCCOC)CCCc1cc(NC(=O)[C@H](C)NC(=O)[C@@H](OC(N)=O)C(C)C)ccc1COC(=O)Oc1ccc([N+](=O)[O-])cc1. The molecular weight excluding hydrogens is 1210 g/mol. The van der Waals surface area contributed by atoms with E-state index in [9.17, 15) is 29.3 Å². The number of non-ortho nitro benzene ring substituents is 1. The number of ether oxygens (including phenoxy) is 19. The third kappa shape index (κ3) is 46.7. The van der Waals surface area contributed by atoms with E-state index >= 15 is 0 Å². The third-order valence-corrected chi connectivity index (χ3v) is 12.7. The number of anilines is 1. The van der Waals surface area contributed by atoms with Crippen LogP contribution in [0.15, 0.2) is 42.5 Å². The molecule has 2 rings (SSSR count). The van der Waals surface area contributed by atoms with Crippen LogP contribution in [0.5, 0.6) is 5.75 Å². The van der Waals surface area contributed by atoms with Crippen LogP contribution in [0.25, 0.3) is 0 Å². The number of nitrogens with one attached hydrogen (secondary N) is 2. The molecule has 2 aromatic carbocycles. The van der Waals surface area contributed by atoms with Gasteiger partial charge < -0.3 is 111 Å². The summed E-state index contributed by atoms with van der Waals surface area (Å²) in [4.78, 5) is 63.5. The molecule has 528 valence electrons. The topological polar surface area (TPSA) is 340 Å². The standard InChI is InChI=1S/C62H105N5O25/c1-51(2)58(92-61(63)70)60(69)64-52(3)59(68)65-55-11-10-54(50-90-62(71)91-57-14-12-56(13-15-57)67(72)73)53(49-55)9-6-16-66(17-7-19-76-25-27-80-33-35-84-41-43-88-47-45-86-39-37-82-31-29-78-23-21-74-4)18-8-20-77-26-28-81-34-36-85-42-44-89-48-46-87-40-38-83-32-30-79-24-22-75-5/h10-15,49,51-52,58H,6-9,16-48,50H2,1-5H3,(H2,63,70)(H,64,69)(H,65,68)/t52-,58-/m0/s1. The van der Waals surface area contributed by atoms with E-state index in [4.69, 9.17) is 95.7 Å². The molecule has 0 heterocycles. The first kappa shape index (κ1) is 82.7. The number of benzene rings is 2. The highest BCUT2D eigenvalue weighted by Gasteiger charge is 2.28. The second-order valence-corrected chi connectivity index (χ2v) is 20.4. The van der Waals surface area contributed by atoms with E-state index in [-0.39, 0.29) is 18.0 Å². The van der Waals surface area contributed by atoms with Crippen LogP contribution in [-0.4, -0.2) is 278 Å². The molecule has 0 bridgehead atoms. The van der Waals surface area contributed by atoms with Gasteiger partial charge in [-0.1, -0.05) is 19.9 Å². The van der Waals surface area contributed by atoms with E-state index < -0.39 is 47.0 Å². The summed E-state index contributed by atoms with van der Waals surface area (Å²) in [5.41, 5.74) is 6.81. The fourth-order valence-corrected chi connectivity index (χ4v) is 7.94. The lowest BCUT2D eigenvalue weighted by Crippen LogP contribution is -2.49. The first-order valence-corrected chi connectivity index (χ1v) is 31.4. The van der Waals surface area contributed by atoms with Gasteiger partial charge in [-0.3, -0.25) is 19.7 Å². The van der Waals surface area contributed by atoms with Crippen LogP contribution >= 0.6 is 0 Å². The molecule has 3 amide bonds. The average Bonchev–Trinajstić information content (AvgIpc) is 1.06. The van der Waals surface area contributed by atoms with Crippen molar-refractivity contribution in [3.05, 3.63) is 63.7 Å². The smallest absolute Gasteiger partial charge is 0.436 e. The van der Waals surface area contributed by atoms with E-state index in [1.54, 1.807) is 46.3 Å². The van der Waals surface area contributed by atoms with Crippen LogP contribution in [-0.2, 0) is 108 Å². The van der Waals surface area contributed by atoms with Crippen molar-refractivity contribution in [2.24, 2.45) is 11.7 Å². The summed E-state index contributed by atoms with van der Waals surface area (Å²) >= 11 is 0. The second-order valence-electron chi connectivity index (χ2n) is 20.4. The number of nitro benzene ring substituents is 1. The fraction of sp³-hybridized carbons (Fsp3) is 0.742. The van der Waals surface area contributed by atoms with Gasteiger partial charge in [0.25, 0.3) is 11.6 Å². The molecule has 2 atom stereocenters. The lowest BCUT2D eigenvalue weighted by Gasteiger charge is -2.23. The van der Waals surface area contributed by atoms with Crippen molar-refractivity contribution in [1.29, 1.82) is 0 Å². The maximum Gasteiger partial charge on any atom is 0.514 e. The molecule has 0 aliphatic carbocycles. The molecule has 0 spiro atoms. The highest BCUT2D eigenvalue weighted by atomic mass is 16.7. The van der Waals surface area contributed by atoms with Crippen molar-refractivity contribution < 1.29 is 114 Å². The zero-order valence-corrected chi connectivity index (χ0v) is 54.8. The zero-order valence-electron chi connectivity index (χ0n) is 54.8. The lowest BCUT2D eigenvalue weighted by atomic mass is 10.0. The predicted octanol–water partition coefficient (Wildman–Crippen LogP) is 4.41. The van der Waals surface area contributed by atoms with Gasteiger partial charge in [-0.15, -0.1) is 0 Å². The highest BCUT2D eigenvalue weighted by Crippen LogP contribution is 2.22. The Hall–Kier alpha value is -5.36. The lowest BCUT2D eigenvalue weighted by molar-refractivity contribution is -0.384. The summed E-state index contributed by atoms with van der Waals surface area (Å²) in [6, 6.07) is 9.07. The summed E-state index contributed by atoms with van der Waals surface area (Å²) in [6.07, 6.45) is -0.719. The Balaban J connectivity index is 1.89. The van der Waals surface area contributed by atoms with Gasteiger partial charge >= 0.3 is 12.2 Å². The Bertz CT molecular complexity index is 2100. The summed E-state index contributed by atoms with van der Waals surface area (Å²) in [5.74, 6) is -1.60. The molecule has 0 aromatic heterocycles. The summed E-state index contributed by atoms with van der Waals surface area (Å²) in [7, 11) is 3.26. The number of amides is 3. The predicted molar refractivity (Wildman–Crippen MR) is 335 cm³/mol. The molecule has 0 fully saturated rings. The second kappa shape index (κ2) is 58.2. The Morgan fingerprint density at radius 1 is 0.489 bits per heavy atom. The minimum absolute atomic E-state index is 0.0556. The summed E-state index contributed by atoms with van der Waals surface area (Å²) < 4.78 is 104. The van der Waals surface area contributed by atoms with Crippen molar-refractivity contribution in [1.82, 2.24) is 10.2 Å². The van der Waals surface area contributed by atoms with Crippen LogP contribution in [0, 0.1) is 16.0 Å². The molecular formula is C62H105N5O25. The molecule has 0 saturated carbocycles. The van der Waals surface area contributed by atoms with Gasteiger partial charge in [0.1, 0.15) is 18.4 Å². The van der Waals surface area contributed by atoms with Crippen LogP contribution in [0.3, 0.4) is 0 Å². The fourth-order valence-electron chi connectivity index (χ4n) is 7.94. The summed E-state index contributed by atoms with van der Waals surface area (Å²) in [5, 5.41) is 16.5. The van der Waals surface area contributed by atoms with Gasteiger partial charge in [-0.05, 0) is 80.5 Å². The van der Waals surface area contributed by atoms with Crippen molar-refractivity contribution in [3.63, 3.8) is 0 Å². The van der Waals surface area contributed by atoms with Gasteiger partial charge in [0.15, 0.2) is 6.10 Å². The Morgan fingerprint density at radius 2 is 0.859 bits per heavy atom. The van der Waals surface area contributed by atoms with E-state index in [1.165, 1.54) is 31.2 Å². The van der Waals surface area contributed by atoms with Crippen molar-refractivity contribution in [2.45, 2.75) is 65.2 Å². The molecule has 0 aliphatic rings. The number of aryl methyl sites for hydroxylation is 1. The number of hydrogen-bond acceptors (Lipinski definition) is 26. The number of hydrogen-bond donors (Lipinski definition) is 3. The van der Waals surface area contributed by atoms with Crippen LogP contribution in [0.4, 0.5) is 21.0 Å². The van der Waals surface area contributed by atoms with Gasteiger partial charge in [0, 0.05) is 58.3 Å². The van der Waals surface area contributed by atoms with Gasteiger partial charge in [0.05, 0.1) is 190 Å². The highest BCUT2D eigenvalue weighted by molar-refractivity contribution is 5.97. The first-order chi connectivity index (χ1) is 44.8. The molecule has 92 heavy (non-hydrogen) atoms. The molecule has 2 aromatic rings. The Kier molecular flexibility index (Phi) is 52.4. The quantitative estimate of drug-likeness (QED) is 0.0271. The van der Waals surface area contributed by atoms with E-state index in [0.29, 0.717) is 229 Å². The number of nitrogens with two attached hydrogens (primary N) is 1. The number of rotatable bonds is 64. The molecule has 0 aliphatic heterocycles. The van der Waals surface area contributed by atoms with Crippen LogP contribution < -0.4 is 21.1 Å². The number of carbonyl (C=O) groups excluding carboxylic acids is 4. The minimum Gasteiger partial charge on any atom is -0.436 e. The first-order valence-electron chi connectivity index (χ1n) is 31.4. The number of methoxy groups -OCH3 is 2. The monoisotopic (exact) mass is 1320 g/mol. The van der Waals surface area contributed by atoms with Gasteiger partial charge in [0.2, 0.25) is 5.91 Å². The van der Waals surface area contributed by atoms with Crippen molar-refractivity contribution >= 4 is 35.4 Å². The van der Waals surface area contributed by atoms with Gasteiger partial charge in [-0.25, -0.2) is 9.59 Å². The van der Waals surface area contributed by atoms with Crippen LogP contribution in [0.1, 0.15) is 51.2 Å². The Labute approximate surface area is 541 Å².